The second-order valence-electron chi connectivity index (χ2n) is 5.67. The van der Waals surface area contributed by atoms with Crippen molar-refractivity contribution in [3.63, 3.8) is 0 Å². The van der Waals surface area contributed by atoms with Gasteiger partial charge in [-0.15, -0.1) is 0 Å². The van der Waals surface area contributed by atoms with Gasteiger partial charge in [0.05, 0.1) is 0 Å². The molecule has 2 aliphatic rings. The highest BCUT2D eigenvalue weighted by molar-refractivity contribution is 5.94. The third kappa shape index (κ3) is 2.56. The van der Waals surface area contributed by atoms with E-state index in [2.05, 4.69) is 15.6 Å². The quantitative estimate of drug-likeness (QED) is 0.733. The summed E-state index contributed by atoms with van der Waals surface area (Å²) in [5.41, 5.74) is 0.753. The lowest BCUT2D eigenvalue weighted by Gasteiger charge is -2.29. The number of carbonyl (C=O) groups is 1. The van der Waals surface area contributed by atoms with E-state index in [1.54, 1.807) is 6.92 Å². The van der Waals surface area contributed by atoms with Crippen LogP contribution < -0.4 is 16.1 Å². The van der Waals surface area contributed by atoms with Crippen LogP contribution in [0, 0.1) is 6.92 Å². The van der Waals surface area contributed by atoms with Crippen LogP contribution in [0.5, 0.6) is 0 Å². The minimum atomic E-state index is -0.257. The van der Waals surface area contributed by atoms with Crippen LogP contribution in [0.3, 0.4) is 0 Å². The highest BCUT2D eigenvalue weighted by Gasteiger charge is 2.34. The molecular weight excluding hydrogens is 242 g/mol. The number of aromatic amines is 1. The van der Waals surface area contributed by atoms with Gasteiger partial charge >= 0.3 is 0 Å². The summed E-state index contributed by atoms with van der Waals surface area (Å²) < 4.78 is 0. The number of nitrogens with one attached hydrogen (secondary N) is 3. The molecule has 3 rings (SSSR count). The highest BCUT2D eigenvalue weighted by Crippen LogP contribution is 2.26. The summed E-state index contributed by atoms with van der Waals surface area (Å²) in [5.74, 6) is -0.257. The molecule has 2 aliphatic heterocycles. The highest BCUT2D eigenvalue weighted by atomic mass is 16.2. The van der Waals surface area contributed by atoms with Gasteiger partial charge in [-0.1, -0.05) is 0 Å². The number of rotatable bonds is 2. The Morgan fingerprint density at radius 1 is 1.32 bits per heavy atom. The maximum Gasteiger partial charge on any atom is 0.256 e. The zero-order valence-corrected chi connectivity index (χ0v) is 11.0. The predicted octanol–water partition coefficient (Wildman–Crippen LogP) is 0.696. The molecule has 1 aromatic rings. The zero-order valence-electron chi connectivity index (χ0n) is 11.0. The molecular formula is C14H19N3O2. The topological polar surface area (TPSA) is 74.0 Å². The number of carbonyl (C=O) groups excluding carboxylic acids is 1. The van der Waals surface area contributed by atoms with E-state index in [1.807, 2.05) is 0 Å². The van der Waals surface area contributed by atoms with Crippen LogP contribution in [0.2, 0.25) is 0 Å². The number of aromatic nitrogens is 1. The van der Waals surface area contributed by atoms with Crippen molar-refractivity contribution in [2.75, 3.05) is 0 Å². The van der Waals surface area contributed by atoms with Crippen molar-refractivity contribution in [1.82, 2.24) is 15.6 Å². The molecule has 1 aromatic heterocycles. The summed E-state index contributed by atoms with van der Waals surface area (Å²) in [6, 6.07) is 2.70. The van der Waals surface area contributed by atoms with E-state index >= 15 is 0 Å². The van der Waals surface area contributed by atoms with Crippen molar-refractivity contribution in [2.45, 2.75) is 50.7 Å². The first-order valence-corrected chi connectivity index (χ1v) is 6.88. The number of H-pyrrole nitrogens is 1. The molecule has 0 spiro atoms. The molecule has 2 saturated heterocycles. The van der Waals surface area contributed by atoms with Crippen molar-refractivity contribution in [1.29, 1.82) is 0 Å². The predicted molar refractivity (Wildman–Crippen MR) is 72.2 cm³/mol. The Labute approximate surface area is 111 Å². The fourth-order valence-corrected chi connectivity index (χ4v) is 3.19. The summed E-state index contributed by atoms with van der Waals surface area (Å²) in [5, 5.41) is 6.53. The van der Waals surface area contributed by atoms with Gasteiger partial charge in [0.15, 0.2) is 5.43 Å². The van der Waals surface area contributed by atoms with Crippen LogP contribution >= 0.6 is 0 Å². The van der Waals surface area contributed by atoms with Gasteiger partial charge in [0, 0.05) is 36.1 Å². The van der Waals surface area contributed by atoms with Gasteiger partial charge in [-0.3, -0.25) is 9.59 Å². The number of fused-ring (bicyclic) bond motifs is 2. The molecule has 2 unspecified atom stereocenters. The van der Waals surface area contributed by atoms with Gasteiger partial charge < -0.3 is 15.6 Å². The molecule has 1 amide bonds. The lowest BCUT2D eigenvalue weighted by Crippen LogP contribution is -2.48. The smallest absolute Gasteiger partial charge is 0.256 e. The standard InChI is InChI=1S/C14H19N3O2/c1-8-4-13(18)12(7-15-8)14(19)17-11-5-9-2-3-10(6-11)16-9/h4,7,9-11,16H,2-3,5-6H2,1H3,(H,15,18)(H,17,19). The lowest BCUT2D eigenvalue weighted by atomic mass is 9.99. The van der Waals surface area contributed by atoms with Gasteiger partial charge in [-0.25, -0.2) is 0 Å². The number of pyridine rings is 1. The van der Waals surface area contributed by atoms with E-state index in [0.29, 0.717) is 12.1 Å². The van der Waals surface area contributed by atoms with Gasteiger partial charge in [0.25, 0.3) is 5.91 Å². The summed E-state index contributed by atoms with van der Waals surface area (Å²) in [6.45, 7) is 1.80. The lowest BCUT2D eigenvalue weighted by molar-refractivity contribution is 0.0922. The van der Waals surface area contributed by atoms with Crippen molar-refractivity contribution in [3.8, 4) is 0 Å². The van der Waals surface area contributed by atoms with Crippen molar-refractivity contribution in [3.05, 3.63) is 33.7 Å². The average molecular weight is 261 g/mol. The number of hydrogen-bond donors (Lipinski definition) is 3. The van der Waals surface area contributed by atoms with Crippen LogP contribution in [0.4, 0.5) is 0 Å². The fraction of sp³-hybridized carbons (Fsp3) is 0.571. The Bertz CT molecular complexity index is 540. The molecule has 19 heavy (non-hydrogen) atoms. The van der Waals surface area contributed by atoms with E-state index in [1.165, 1.54) is 25.1 Å². The van der Waals surface area contributed by atoms with Gasteiger partial charge in [-0.2, -0.15) is 0 Å². The maximum absolute atomic E-state index is 12.1. The second kappa shape index (κ2) is 4.81. The first-order valence-electron chi connectivity index (χ1n) is 6.88. The SMILES string of the molecule is Cc1cc(=O)c(C(=O)NC2CC3CCC(C2)N3)c[nH]1. The normalized spacial score (nSPS) is 29.2. The van der Waals surface area contributed by atoms with E-state index in [9.17, 15) is 9.59 Å². The molecule has 0 aliphatic carbocycles. The molecule has 2 bridgehead atoms. The summed E-state index contributed by atoms with van der Waals surface area (Å²) in [4.78, 5) is 26.8. The Morgan fingerprint density at radius 3 is 2.63 bits per heavy atom. The summed E-state index contributed by atoms with van der Waals surface area (Å²) in [7, 11) is 0. The van der Waals surface area contributed by atoms with Crippen LogP contribution in [0.25, 0.3) is 0 Å². The van der Waals surface area contributed by atoms with Gasteiger partial charge in [-0.05, 0) is 32.6 Å². The molecule has 0 aromatic carbocycles. The Morgan fingerprint density at radius 2 is 2.00 bits per heavy atom. The number of hydrogen-bond acceptors (Lipinski definition) is 3. The first-order chi connectivity index (χ1) is 9.11. The third-order valence-electron chi connectivity index (χ3n) is 4.11. The minimum Gasteiger partial charge on any atom is -0.364 e. The van der Waals surface area contributed by atoms with Crippen molar-refractivity contribution in [2.24, 2.45) is 0 Å². The number of piperidine rings is 1. The van der Waals surface area contributed by atoms with Crippen molar-refractivity contribution >= 4 is 5.91 Å². The number of aryl methyl sites for hydroxylation is 1. The molecule has 102 valence electrons. The minimum absolute atomic E-state index is 0.187. The summed E-state index contributed by atoms with van der Waals surface area (Å²) in [6.07, 6.45) is 5.82. The monoisotopic (exact) mass is 261 g/mol. The zero-order chi connectivity index (χ0) is 13.4. The molecule has 3 N–H and O–H groups in total. The summed E-state index contributed by atoms with van der Waals surface area (Å²) >= 11 is 0. The Balaban J connectivity index is 1.69. The maximum atomic E-state index is 12.1. The van der Waals surface area contributed by atoms with Crippen LogP contribution in [0.1, 0.15) is 41.7 Å². The van der Waals surface area contributed by atoms with Crippen LogP contribution in [0.15, 0.2) is 17.1 Å². The molecule has 0 saturated carbocycles. The van der Waals surface area contributed by atoms with Crippen LogP contribution in [-0.2, 0) is 0 Å². The Hall–Kier alpha value is -1.62. The molecule has 5 nitrogen and oxygen atoms in total. The van der Waals surface area contributed by atoms with E-state index < -0.39 is 0 Å². The van der Waals surface area contributed by atoms with Gasteiger partial charge in [0.2, 0.25) is 0 Å². The molecule has 2 atom stereocenters. The first kappa shape index (κ1) is 12.4. The molecule has 3 heterocycles. The molecule has 2 fully saturated rings. The average Bonchev–Trinajstić information content (AvgIpc) is 2.68. The van der Waals surface area contributed by atoms with Crippen LogP contribution in [-0.4, -0.2) is 29.0 Å². The molecule has 0 radical (unpaired) electrons. The Kier molecular flexibility index (Phi) is 3.14. The van der Waals surface area contributed by atoms with Gasteiger partial charge in [0.1, 0.15) is 5.56 Å². The van der Waals surface area contributed by atoms with Crippen molar-refractivity contribution < 1.29 is 4.79 Å². The number of amides is 1. The third-order valence-corrected chi connectivity index (χ3v) is 4.11. The van der Waals surface area contributed by atoms with E-state index in [-0.39, 0.29) is 22.9 Å². The largest absolute Gasteiger partial charge is 0.364 e. The van der Waals surface area contributed by atoms with E-state index in [0.717, 1.165) is 18.5 Å². The van der Waals surface area contributed by atoms with E-state index in [4.69, 9.17) is 0 Å². The fourth-order valence-electron chi connectivity index (χ4n) is 3.19. The second-order valence-corrected chi connectivity index (χ2v) is 5.67. The molecule has 5 heteroatoms.